The molecule has 3 N–H and O–H groups in total. The first kappa shape index (κ1) is 13.5. The van der Waals surface area contributed by atoms with Crippen LogP contribution in [0.3, 0.4) is 0 Å². The zero-order valence-electron chi connectivity index (χ0n) is 10.9. The van der Waals surface area contributed by atoms with Gasteiger partial charge in [0.15, 0.2) is 0 Å². The normalized spacial score (nSPS) is 23.4. The second-order valence-electron chi connectivity index (χ2n) is 5.08. The molecule has 1 aromatic rings. The molecule has 2 atom stereocenters. The van der Waals surface area contributed by atoms with Gasteiger partial charge in [-0.2, -0.15) is 0 Å². The van der Waals surface area contributed by atoms with E-state index in [1.165, 1.54) is 0 Å². The highest BCUT2D eigenvalue weighted by atomic mass is 16.4. The van der Waals surface area contributed by atoms with E-state index in [1.54, 1.807) is 12.1 Å². The van der Waals surface area contributed by atoms with Crippen molar-refractivity contribution in [1.29, 1.82) is 0 Å². The number of primary amides is 1. The number of aliphatic carboxylic acids is 1. The van der Waals surface area contributed by atoms with E-state index in [2.05, 4.69) is 0 Å². The number of likely N-dealkylation sites (tertiary alicyclic amines) is 1. The Balaban J connectivity index is 2.08. The minimum Gasteiger partial charge on any atom is -0.480 e. The number of benzene rings is 1. The van der Waals surface area contributed by atoms with Crippen molar-refractivity contribution in [2.45, 2.75) is 25.9 Å². The summed E-state index contributed by atoms with van der Waals surface area (Å²) in [5, 5.41) is 9.25. The number of hydrogen-bond acceptors (Lipinski definition) is 3. The number of carboxylic acids is 1. The van der Waals surface area contributed by atoms with Crippen molar-refractivity contribution in [2.24, 2.45) is 11.7 Å². The Morgan fingerprint density at radius 3 is 2.53 bits per heavy atom. The fourth-order valence-corrected chi connectivity index (χ4v) is 2.61. The highest BCUT2D eigenvalue weighted by Gasteiger charge is 2.36. The van der Waals surface area contributed by atoms with E-state index in [1.807, 2.05) is 24.0 Å². The number of nitrogens with zero attached hydrogens (tertiary/aromatic N) is 1. The van der Waals surface area contributed by atoms with E-state index in [4.69, 9.17) is 5.73 Å². The summed E-state index contributed by atoms with van der Waals surface area (Å²) in [5.74, 6) is -1.05. The Morgan fingerprint density at radius 2 is 2.00 bits per heavy atom. The van der Waals surface area contributed by atoms with Crippen LogP contribution in [0, 0.1) is 5.92 Å². The number of carboxylic acid groups (broad SMARTS) is 1. The van der Waals surface area contributed by atoms with Crippen molar-refractivity contribution in [3.05, 3.63) is 35.4 Å². The fourth-order valence-electron chi connectivity index (χ4n) is 2.61. The molecule has 0 radical (unpaired) electrons. The molecule has 5 nitrogen and oxygen atoms in total. The van der Waals surface area contributed by atoms with Gasteiger partial charge < -0.3 is 10.8 Å². The molecule has 1 aliphatic heterocycles. The van der Waals surface area contributed by atoms with E-state index in [9.17, 15) is 14.7 Å². The van der Waals surface area contributed by atoms with Gasteiger partial charge in [0.1, 0.15) is 6.04 Å². The first-order valence-electron chi connectivity index (χ1n) is 6.34. The molecule has 1 amide bonds. The average Bonchev–Trinajstić information content (AvgIpc) is 2.71. The summed E-state index contributed by atoms with van der Waals surface area (Å²) in [5.41, 5.74) is 6.64. The zero-order valence-corrected chi connectivity index (χ0v) is 10.9. The summed E-state index contributed by atoms with van der Waals surface area (Å²) >= 11 is 0. The van der Waals surface area contributed by atoms with Gasteiger partial charge in [-0.05, 0) is 36.6 Å². The van der Waals surface area contributed by atoms with Crippen LogP contribution in [-0.2, 0) is 11.3 Å². The molecule has 102 valence electrons. The van der Waals surface area contributed by atoms with Crippen molar-refractivity contribution in [3.63, 3.8) is 0 Å². The molecule has 0 spiro atoms. The van der Waals surface area contributed by atoms with E-state index in [-0.39, 0.29) is 5.92 Å². The quantitative estimate of drug-likeness (QED) is 0.850. The lowest BCUT2D eigenvalue weighted by Crippen LogP contribution is -2.38. The summed E-state index contributed by atoms with van der Waals surface area (Å²) in [6.45, 7) is 3.34. The van der Waals surface area contributed by atoms with Gasteiger partial charge in [0.05, 0.1) is 0 Å². The Morgan fingerprint density at radius 1 is 1.37 bits per heavy atom. The van der Waals surface area contributed by atoms with Crippen LogP contribution in [-0.4, -0.2) is 34.5 Å². The summed E-state index contributed by atoms with van der Waals surface area (Å²) in [7, 11) is 0. The molecule has 0 aromatic heterocycles. The molecule has 5 heteroatoms. The minimum absolute atomic E-state index is 0.169. The standard InChI is InChI=1S/C14H18N2O3/c1-9-6-7-16(12(9)14(18)19)8-10-2-4-11(5-3-10)13(15)17/h2-5,9,12H,6-8H2,1H3,(H2,15,17)(H,18,19). The number of amides is 1. The fraction of sp³-hybridized carbons (Fsp3) is 0.429. The highest BCUT2D eigenvalue weighted by molar-refractivity contribution is 5.92. The predicted molar refractivity (Wildman–Crippen MR) is 70.6 cm³/mol. The third-order valence-corrected chi connectivity index (χ3v) is 3.68. The Hall–Kier alpha value is -1.88. The lowest BCUT2D eigenvalue weighted by atomic mass is 10.0. The molecule has 1 aliphatic rings. The first-order chi connectivity index (χ1) is 8.99. The van der Waals surface area contributed by atoms with Crippen LogP contribution >= 0.6 is 0 Å². The van der Waals surface area contributed by atoms with Gasteiger partial charge >= 0.3 is 5.97 Å². The van der Waals surface area contributed by atoms with Crippen LogP contribution in [0.4, 0.5) is 0 Å². The largest absolute Gasteiger partial charge is 0.480 e. The molecule has 0 bridgehead atoms. The number of hydrogen-bond donors (Lipinski definition) is 2. The lowest BCUT2D eigenvalue weighted by molar-refractivity contribution is -0.143. The summed E-state index contributed by atoms with van der Waals surface area (Å²) in [6.07, 6.45) is 0.899. The molecular weight excluding hydrogens is 244 g/mol. The van der Waals surface area contributed by atoms with E-state index < -0.39 is 17.9 Å². The third kappa shape index (κ3) is 2.93. The van der Waals surface area contributed by atoms with Crippen molar-refractivity contribution in [2.75, 3.05) is 6.54 Å². The molecule has 1 fully saturated rings. The van der Waals surface area contributed by atoms with Gasteiger partial charge in [0, 0.05) is 12.1 Å². The maximum Gasteiger partial charge on any atom is 0.321 e. The third-order valence-electron chi connectivity index (χ3n) is 3.68. The number of carbonyl (C=O) groups is 2. The van der Waals surface area contributed by atoms with Crippen LogP contribution in [0.1, 0.15) is 29.3 Å². The van der Waals surface area contributed by atoms with E-state index in [0.29, 0.717) is 12.1 Å². The second-order valence-corrected chi connectivity index (χ2v) is 5.08. The molecule has 1 aromatic carbocycles. The smallest absolute Gasteiger partial charge is 0.321 e. The lowest BCUT2D eigenvalue weighted by Gasteiger charge is -2.23. The SMILES string of the molecule is CC1CCN(Cc2ccc(C(N)=O)cc2)C1C(=O)O. The molecule has 0 aliphatic carbocycles. The van der Waals surface area contributed by atoms with Crippen LogP contribution in [0.25, 0.3) is 0 Å². The van der Waals surface area contributed by atoms with Gasteiger partial charge in [-0.25, -0.2) is 0 Å². The molecule has 1 saturated heterocycles. The number of carbonyl (C=O) groups excluding carboxylic acids is 1. The molecule has 19 heavy (non-hydrogen) atoms. The Labute approximate surface area is 112 Å². The molecule has 0 saturated carbocycles. The van der Waals surface area contributed by atoms with Crippen molar-refractivity contribution in [3.8, 4) is 0 Å². The van der Waals surface area contributed by atoms with Crippen molar-refractivity contribution < 1.29 is 14.7 Å². The molecule has 2 rings (SSSR count). The van der Waals surface area contributed by atoms with Crippen LogP contribution in [0.5, 0.6) is 0 Å². The minimum atomic E-state index is -0.765. The predicted octanol–water partition coefficient (Wildman–Crippen LogP) is 1.08. The van der Waals surface area contributed by atoms with Crippen LogP contribution in [0.2, 0.25) is 0 Å². The summed E-state index contributed by atoms with van der Waals surface area (Å²) < 4.78 is 0. The van der Waals surface area contributed by atoms with Crippen LogP contribution in [0.15, 0.2) is 24.3 Å². The van der Waals surface area contributed by atoms with Gasteiger partial charge in [0.2, 0.25) is 5.91 Å². The summed E-state index contributed by atoms with van der Waals surface area (Å²) in [4.78, 5) is 24.2. The topological polar surface area (TPSA) is 83.6 Å². The number of nitrogens with two attached hydrogens (primary N) is 1. The second kappa shape index (κ2) is 5.40. The maximum atomic E-state index is 11.3. The van der Waals surface area contributed by atoms with Crippen molar-refractivity contribution >= 4 is 11.9 Å². The Bertz CT molecular complexity index is 484. The first-order valence-corrected chi connectivity index (χ1v) is 6.34. The maximum absolute atomic E-state index is 11.3. The van der Waals surface area contributed by atoms with E-state index >= 15 is 0 Å². The van der Waals surface area contributed by atoms with Gasteiger partial charge in [-0.3, -0.25) is 14.5 Å². The van der Waals surface area contributed by atoms with Gasteiger partial charge in [-0.15, -0.1) is 0 Å². The van der Waals surface area contributed by atoms with Crippen molar-refractivity contribution in [1.82, 2.24) is 4.90 Å². The molecule has 2 unspecified atom stereocenters. The van der Waals surface area contributed by atoms with E-state index in [0.717, 1.165) is 18.5 Å². The Kier molecular flexibility index (Phi) is 3.85. The molecule has 1 heterocycles. The molecular formula is C14H18N2O3. The van der Waals surface area contributed by atoms with Gasteiger partial charge in [0.25, 0.3) is 0 Å². The zero-order chi connectivity index (χ0) is 14.0. The monoisotopic (exact) mass is 262 g/mol. The summed E-state index contributed by atoms with van der Waals surface area (Å²) in [6, 6.07) is 6.57. The van der Waals surface area contributed by atoms with Crippen LogP contribution < -0.4 is 5.73 Å². The van der Waals surface area contributed by atoms with Gasteiger partial charge in [-0.1, -0.05) is 19.1 Å². The highest BCUT2D eigenvalue weighted by Crippen LogP contribution is 2.25. The number of rotatable bonds is 4. The average molecular weight is 262 g/mol.